The Morgan fingerprint density at radius 2 is 1.92 bits per heavy atom. The summed E-state index contributed by atoms with van der Waals surface area (Å²) in [6, 6.07) is 8.23. The van der Waals surface area contributed by atoms with E-state index in [-0.39, 0.29) is 6.04 Å². The van der Waals surface area contributed by atoms with Gasteiger partial charge in [0.15, 0.2) is 0 Å². The summed E-state index contributed by atoms with van der Waals surface area (Å²) < 4.78 is 2.12. The summed E-state index contributed by atoms with van der Waals surface area (Å²) in [5, 5.41) is 8.78. The van der Waals surface area contributed by atoms with Gasteiger partial charge >= 0.3 is 11.8 Å². The van der Waals surface area contributed by atoms with Crippen molar-refractivity contribution in [3.05, 3.63) is 47.8 Å². The molecular formula is C29H39N7O2. The molecule has 9 nitrogen and oxygen atoms in total. The standard InChI is InChI=1S/C29H39N7O2/c1-5-20-11-23(13-31-27(20)30)32-28(37)29(38)35-15-18(2)6-9-26(35)21-7-8-22-16-36(33-25(22)12-21)24-10-19(3)14-34(4)17-24/h7-8,11-13,16,18-19,24,26H,5-6,9-10,14-15,17H2,1-4H3,(H2,30,31)(H,32,37)/t18-,19+,24?,26+/m0/s1. The van der Waals surface area contributed by atoms with Gasteiger partial charge in [-0.25, -0.2) is 4.98 Å². The van der Waals surface area contributed by atoms with Crippen LogP contribution in [0.25, 0.3) is 10.9 Å². The van der Waals surface area contributed by atoms with Crippen LogP contribution >= 0.6 is 0 Å². The highest BCUT2D eigenvalue weighted by atomic mass is 16.2. The van der Waals surface area contributed by atoms with E-state index in [2.05, 4.69) is 65.2 Å². The number of piperidine rings is 2. The Kier molecular flexibility index (Phi) is 7.38. The minimum atomic E-state index is -0.654. The predicted molar refractivity (Wildman–Crippen MR) is 150 cm³/mol. The molecule has 2 fully saturated rings. The van der Waals surface area contributed by atoms with Gasteiger partial charge in [-0.05, 0) is 67.8 Å². The summed E-state index contributed by atoms with van der Waals surface area (Å²) in [6.45, 7) is 9.04. The van der Waals surface area contributed by atoms with Gasteiger partial charge in [0, 0.05) is 31.2 Å². The molecule has 0 saturated carbocycles. The Balaban J connectivity index is 1.37. The Morgan fingerprint density at radius 1 is 1.11 bits per heavy atom. The van der Waals surface area contributed by atoms with Gasteiger partial charge in [-0.1, -0.05) is 32.9 Å². The van der Waals surface area contributed by atoms with E-state index in [0.29, 0.717) is 42.3 Å². The Hall–Kier alpha value is -3.46. The molecule has 0 bridgehead atoms. The van der Waals surface area contributed by atoms with Crippen LogP contribution in [0.1, 0.15) is 63.2 Å². The predicted octanol–water partition coefficient (Wildman–Crippen LogP) is 4.03. The van der Waals surface area contributed by atoms with Gasteiger partial charge in [0.2, 0.25) is 0 Å². The number of aryl methyl sites for hydroxylation is 1. The number of amides is 2. The number of hydrogen-bond donors (Lipinski definition) is 2. The number of nitrogen functional groups attached to an aromatic ring is 1. The number of hydrogen-bond acceptors (Lipinski definition) is 6. The molecule has 202 valence electrons. The third kappa shape index (κ3) is 5.38. The molecule has 9 heteroatoms. The minimum absolute atomic E-state index is 0.171. The van der Waals surface area contributed by atoms with Crippen molar-refractivity contribution in [3.8, 4) is 0 Å². The number of nitrogens with zero attached hydrogens (tertiary/aromatic N) is 5. The van der Waals surface area contributed by atoms with Crippen molar-refractivity contribution in [2.24, 2.45) is 11.8 Å². The number of nitrogens with two attached hydrogens (primary N) is 1. The first-order valence-corrected chi connectivity index (χ1v) is 13.8. The number of nitrogens with one attached hydrogen (secondary N) is 1. The fourth-order valence-electron chi connectivity index (χ4n) is 6.13. The smallest absolute Gasteiger partial charge is 0.313 e. The topological polar surface area (TPSA) is 109 Å². The lowest BCUT2D eigenvalue weighted by Gasteiger charge is -2.38. The third-order valence-corrected chi connectivity index (χ3v) is 8.04. The van der Waals surface area contributed by atoms with E-state index in [9.17, 15) is 9.59 Å². The molecule has 1 unspecified atom stereocenters. The average molecular weight is 518 g/mol. The van der Waals surface area contributed by atoms with Gasteiger partial charge in [-0.15, -0.1) is 0 Å². The second-order valence-electron chi connectivity index (χ2n) is 11.4. The van der Waals surface area contributed by atoms with Crippen LogP contribution in [0, 0.1) is 11.8 Å². The van der Waals surface area contributed by atoms with Crippen molar-refractivity contribution in [1.82, 2.24) is 24.6 Å². The second kappa shape index (κ2) is 10.7. The van der Waals surface area contributed by atoms with E-state index in [0.717, 1.165) is 54.4 Å². The van der Waals surface area contributed by atoms with Crippen molar-refractivity contribution < 1.29 is 9.59 Å². The van der Waals surface area contributed by atoms with Crippen molar-refractivity contribution >= 4 is 34.2 Å². The molecular weight excluding hydrogens is 478 g/mol. The fraction of sp³-hybridized carbons (Fsp3) is 0.517. The summed E-state index contributed by atoms with van der Waals surface area (Å²) in [6.07, 6.45) is 7.24. The van der Waals surface area contributed by atoms with Gasteiger partial charge < -0.3 is 20.9 Å². The van der Waals surface area contributed by atoms with E-state index >= 15 is 0 Å². The van der Waals surface area contributed by atoms with Crippen molar-refractivity contribution in [2.45, 2.75) is 58.5 Å². The van der Waals surface area contributed by atoms with Gasteiger partial charge in [-0.2, -0.15) is 5.10 Å². The summed E-state index contributed by atoms with van der Waals surface area (Å²) in [5.41, 5.74) is 9.16. The van der Waals surface area contributed by atoms with Crippen LogP contribution in [0.4, 0.5) is 11.5 Å². The number of aromatic nitrogens is 3. The number of likely N-dealkylation sites (N-methyl/N-ethyl adjacent to an activating group) is 1. The number of benzene rings is 1. The lowest BCUT2D eigenvalue weighted by atomic mass is 9.89. The van der Waals surface area contributed by atoms with Gasteiger partial charge in [0.05, 0.1) is 29.5 Å². The van der Waals surface area contributed by atoms with Gasteiger partial charge in [0.25, 0.3) is 0 Å². The van der Waals surface area contributed by atoms with E-state index in [1.165, 1.54) is 6.20 Å². The number of anilines is 2. The molecule has 3 aromatic rings. The Labute approximate surface area is 224 Å². The molecule has 5 rings (SSSR count). The SMILES string of the molecule is CCc1cc(NC(=O)C(=O)N2C[C@@H](C)CC[C@@H]2c2ccc3cn(C4C[C@@H](C)CN(C)C4)nc3c2)cnc1N. The zero-order valence-electron chi connectivity index (χ0n) is 22.9. The van der Waals surface area contributed by atoms with Crippen molar-refractivity contribution in [2.75, 3.05) is 37.7 Å². The Bertz CT molecular complexity index is 1330. The normalized spacial score (nSPS) is 24.5. The van der Waals surface area contributed by atoms with Crippen LogP contribution in [0.15, 0.2) is 36.7 Å². The second-order valence-corrected chi connectivity index (χ2v) is 11.4. The van der Waals surface area contributed by atoms with Crippen molar-refractivity contribution in [1.29, 1.82) is 0 Å². The maximum absolute atomic E-state index is 13.4. The third-order valence-electron chi connectivity index (χ3n) is 8.04. The molecule has 0 radical (unpaired) electrons. The number of pyridine rings is 1. The zero-order valence-corrected chi connectivity index (χ0v) is 22.9. The first kappa shape index (κ1) is 26.2. The molecule has 2 aromatic heterocycles. The summed E-state index contributed by atoms with van der Waals surface area (Å²) >= 11 is 0. The highest BCUT2D eigenvalue weighted by molar-refractivity contribution is 6.39. The number of fused-ring (bicyclic) bond motifs is 1. The van der Waals surface area contributed by atoms with E-state index < -0.39 is 11.8 Å². The van der Waals surface area contributed by atoms with E-state index in [4.69, 9.17) is 10.8 Å². The molecule has 2 saturated heterocycles. The lowest BCUT2D eigenvalue weighted by Crippen LogP contribution is -2.46. The van der Waals surface area contributed by atoms with Crippen LogP contribution < -0.4 is 11.1 Å². The van der Waals surface area contributed by atoms with Crippen LogP contribution in [-0.4, -0.2) is 63.1 Å². The molecule has 3 N–H and O–H groups in total. The number of rotatable bonds is 4. The van der Waals surface area contributed by atoms with E-state index in [1.54, 1.807) is 11.0 Å². The highest BCUT2D eigenvalue weighted by Gasteiger charge is 2.34. The molecule has 2 amide bonds. The largest absolute Gasteiger partial charge is 0.383 e. The van der Waals surface area contributed by atoms with Gasteiger partial charge in [-0.3, -0.25) is 14.3 Å². The van der Waals surface area contributed by atoms with Crippen molar-refractivity contribution in [3.63, 3.8) is 0 Å². The molecule has 4 atom stereocenters. The number of carbonyl (C=O) groups excluding carboxylic acids is 2. The lowest BCUT2D eigenvalue weighted by molar-refractivity contribution is -0.146. The molecule has 38 heavy (non-hydrogen) atoms. The molecule has 1 aromatic carbocycles. The summed E-state index contributed by atoms with van der Waals surface area (Å²) in [7, 11) is 2.17. The molecule has 2 aliphatic heterocycles. The summed E-state index contributed by atoms with van der Waals surface area (Å²) in [5.74, 6) is 0.208. The Morgan fingerprint density at radius 3 is 2.68 bits per heavy atom. The number of likely N-dealkylation sites (tertiary alicyclic amines) is 2. The van der Waals surface area contributed by atoms with Crippen LogP contribution in [0.3, 0.4) is 0 Å². The molecule has 2 aliphatic rings. The fourth-order valence-corrected chi connectivity index (χ4v) is 6.13. The zero-order chi connectivity index (χ0) is 27.0. The molecule has 0 aliphatic carbocycles. The van der Waals surface area contributed by atoms with Gasteiger partial charge in [0.1, 0.15) is 5.82 Å². The van der Waals surface area contributed by atoms with E-state index in [1.807, 2.05) is 6.92 Å². The first-order valence-electron chi connectivity index (χ1n) is 13.8. The maximum atomic E-state index is 13.4. The summed E-state index contributed by atoms with van der Waals surface area (Å²) in [4.78, 5) is 34.7. The monoisotopic (exact) mass is 517 g/mol. The molecule has 4 heterocycles. The highest BCUT2D eigenvalue weighted by Crippen LogP contribution is 2.35. The maximum Gasteiger partial charge on any atom is 0.313 e. The first-order chi connectivity index (χ1) is 18.2. The van der Waals surface area contributed by atoms with Crippen LogP contribution in [0.2, 0.25) is 0 Å². The quantitative estimate of drug-likeness (QED) is 0.506. The minimum Gasteiger partial charge on any atom is -0.383 e. The number of carbonyl (C=O) groups is 2. The molecule has 0 spiro atoms. The average Bonchev–Trinajstić information content (AvgIpc) is 3.32. The van der Waals surface area contributed by atoms with Crippen LogP contribution in [0.5, 0.6) is 0 Å². The van der Waals surface area contributed by atoms with Crippen LogP contribution in [-0.2, 0) is 16.0 Å².